The molecular formula is C17H12F2N4O. The monoisotopic (exact) mass is 326 g/mol. The van der Waals surface area contributed by atoms with Gasteiger partial charge in [0.1, 0.15) is 12.2 Å². The van der Waals surface area contributed by atoms with Crippen LogP contribution in [0.25, 0.3) is 5.69 Å². The highest BCUT2D eigenvalue weighted by Gasteiger charge is 2.27. The highest BCUT2D eigenvalue weighted by atomic mass is 19.1. The first-order chi connectivity index (χ1) is 11.5. The van der Waals surface area contributed by atoms with Crippen LogP contribution < -0.4 is 0 Å². The Labute approximate surface area is 136 Å². The lowest BCUT2D eigenvalue weighted by Crippen LogP contribution is -2.12. The quantitative estimate of drug-likeness (QED) is 0.751. The molecule has 1 unspecified atom stereocenters. The molecule has 2 heterocycles. The van der Waals surface area contributed by atoms with Crippen LogP contribution in [0, 0.1) is 30.2 Å². The molecular weight excluding hydrogens is 314 g/mol. The van der Waals surface area contributed by atoms with E-state index in [0.717, 1.165) is 12.1 Å². The molecule has 0 aliphatic rings. The van der Waals surface area contributed by atoms with Crippen LogP contribution in [0.1, 0.15) is 28.6 Å². The highest BCUT2D eigenvalue weighted by molar-refractivity contribution is 5.46. The molecule has 1 atom stereocenters. The maximum Gasteiger partial charge on any atom is 0.221 e. The molecule has 0 radical (unpaired) electrons. The van der Waals surface area contributed by atoms with Gasteiger partial charge in [-0.3, -0.25) is 0 Å². The first kappa shape index (κ1) is 15.8. The Morgan fingerprint density at radius 3 is 2.50 bits per heavy atom. The van der Waals surface area contributed by atoms with Gasteiger partial charge in [0, 0.05) is 5.56 Å². The topological polar surface area (TPSA) is 74.7 Å². The van der Waals surface area contributed by atoms with Crippen molar-refractivity contribution in [2.75, 3.05) is 0 Å². The summed E-state index contributed by atoms with van der Waals surface area (Å²) in [6.45, 7) is 1.62. The van der Waals surface area contributed by atoms with Gasteiger partial charge in [-0.15, -0.1) is 0 Å². The Bertz CT molecular complexity index is 932. The number of halogens is 2. The van der Waals surface area contributed by atoms with Crippen LogP contribution in [-0.2, 0) is 0 Å². The Balaban J connectivity index is 2.21. The lowest BCUT2D eigenvalue weighted by Gasteiger charge is -2.14. The van der Waals surface area contributed by atoms with Crippen molar-refractivity contribution in [3.63, 3.8) is 0 Å². The van der Waals surface area contributed by atoms with E-state index < -0.39 is 18.0 Å². The average molecular weight is 326 g/mol. The maximum atomic E-state index is 13.9. The molecule has 0 fully saturated rings. The number of nitrogens with zero attached hydrogens (tertiary/aromatic N) is 4. The summed E-state index contributed by atoms with van der Waals surface area (Å²) in [7, 11) is 0. The molecule has 1 aromatic carbocycles. The minimum atomic E-state index is -1.52. The SMILES string of the molecule is Cc1nn(-c2ccccc2)c(C(O)c2ccc(F)nc2F)c1C#N. The number of benzene rings is 1. The molecule has 5 nitrogen and oxygen atoms in total. The van der Waals surface area contributed by atoms with Crippen molar-refractivity contribution in [3.05, 3.63) is 76.9 Å². The highest BCUT2D eigenvalue weighted by Crippen LogP contribution is 2.29. The molecule has 0 aliphatic heterocycles. The van der Waals surface area contributed by atoms with E-state index >= 15 is 0 Å². The van der Waals surface area contributed by atoms with E-state index in [4.69, 9.17) is 0 Å². The van der Waals surface area contributed by atoms with Crippen molar-refractivity contribution in [2.24, 2.45) is 0 Å². The van der Waals surface area contributed by atoms with Gasteiger partial charge in [0.2, 0.25) is 11.9 Å². The lowest BCUT2D eigenvalue weighted by molar-refractivity contribution is 0.204. The minimum absolute atomic E-state index is 0.105. The van der Waals surface area contributed by atoms with E-state index in [1.807, 2.05) is 12.1 Å². The molecule has 2 aromatic heterocycles. The van der Waals surface area contributed by atoms with Crippen molar-refractivity contribution < 1.29 is 13.9 Å². The molecule has 0 saturated heterocycles. The molecule has 24 heavy (non-hydrogen) atoms. The van der Waals surface area contributed by atoms with Crippen molar-refractivity contribution in [1.82, 2.24) is 14.8 Å². The van der Waals surface area contributed by atoms with Gasteiger partial charge in [-0.1, -0.05) is 18.2 Å². The molecule has 0 amide bonds. The molecule has 0 aliphatic carbocycles. The average Bonchev–Trinajstić information content (AvgIpc) is 2.91. The van der Waals surface area contributed by atoms with Crippen LogP contribution in [0.3, 0.4) is 0 Å². The van der Waals surface area contributed by atoms with Crippen molar-refractivity contribution in [3.8, 4) is 11.8 Å². The number of hydrogen-bond donors (Lipinski definition) is 1. The number of para-hydroxylation sites is 1. The number of pyridine rings is 1. The summed E-state index contributed by atoms with van der Waals surface area (Å²) in [6, 6.07) is 12.9. The molecule has 0 spiro atoms. The third-order valence-electron chi connectivity index (χ3n) is 3.61. The summed E-state index contributed by atoms with van der Waals surface area (Å²) < 4.78 is 28.3. The van der Waals surface area contributed by atoms with Crippen LogP contribution in [0.2, 0.25) is 0 Å². The molecule has 3 rings (SSSR count). The van der Waals surface area contributed by atoms with Crippen LogP contribution >= 0.6 is 0 Å². The van der Waals surface area contributed by atoms with Crippen molar-refractivity contribution in [2.45, 2.75) is 13.0 Å². The van der Waals surface area contributed by atoms with E-state index in [9.17, 15) is 19.1 Å². The van der Waals surface area contributed by atoms with Gasteiger partial charge < -0.3 is 5.11 Å². The van der Waals surface area contributed by atoms with E-state index in [1.54, 1.807) is 31.2 Å². The van der Waals surface area contributed by atoms with E-state index in [-0.39, 0.29) is 16.8 Å². The Kier molecular flexibility index (Phi) is 4.06. The molecule has 120 valence electrons. The van der Waals surface area contributed by atoms with Gasteiger partial charge in [-0.05, 0) is 31.2 Å². The number of aliphatic hydroxyl groups is 1. The first-order valence-electron chi connectivity index (χ1n) is 7.08. The standard InChI is InChI=1S/C17H12F2N4O/c1-10-13(9-20)15(23(22-10)11-5-3-2-4-6-11)16(24)12-7-8-14(18)21-17(12)19/h2-8,16,24H,1H3. The summed E-state index contributed by atoms with van der Waals surface area (Å²) in [6.07, 6.45) is -1.52. The van der Waals surface area contributed by atoms with E-state index in [2.05, 4.69) is 10.1 Å². The second kappa shape index (κ2) is 6.18. The third-order valence-corrected chi connectivity index (χ3v) is 3.61. The van der Waals surface area contributed by atoms with Gasteiger partial charge in [0.05, 0.1) is 22.6 Å². The van der Waals surface area contributed by atoms with Crippen molar-refractivity contribution in [1.29, 1.82) is 5.26 Å². The van der Waals surface area contributed by atoms with E-state index in [1.165, 1.54) is 4.68 Å². The molecule has 7 heteroatoms. The van der Waals surface area contributed by atoms with Crippen LogP contribution in [0.4, 0.5) is 8.78 Å². The van der Waals surface area contributed by atoms with Gasteiger partial charge in [0.15, 0.2) is 0 Å². The fourth-order valence-corrected chi connectivity index (χ4v) is 2.48. The van der Waals surface area contributed by atoms with Crippen LogP contribution in [0.15, 0.2) is 42.5 Å². The minimum Gasteiger partial charge on any atom is -0.382 e. The summed E-state index contributed by atoms with van der Waals surface area (Å²) in [5, 5.41) is 24.3. The zero-order chi connectivity index (χ0) is 17.3. The number of aliphatic hydroxyl groups excluding tert-OH is 1. The zero-order valence-electron chi connectivity index (χ0n) is 12.6. The number of aromatic nitrogens is 3. The Morgan fingerprint density at radius 1 is 1.17 bits per heavy atom. The maximum absolute atomic E-state index is 13.9. The van der Waals surface area contributed by atoms with Crippen LogP contribution in [0.5, 0.6) is 0 Å². The zero-order valence-corrected chi connectivity index (χ0v) is 12.6. The van der Waals surface area contributed by atoms with Crippen LogP contribution in [-0.4, -0.2) is 19.9 Å². The summed E-state index contributed by atoms with van der Waals surface area (Å²) >= 11 is 0. The number of rotatable bonds is 3. The smallest absolute Gasteiger partial charge is 0.221 e. The van der Waals surface area contributed by atoms with Gasteiger partial charge >= 0.3 is 0 Å². The summed E-state index contributed by atoms with van der Waals surface area (Å²) in [5.74, 6) is -2.12. The number of hydrogen-bond acceptors (Lipinski definition) is 4. The van der Waals surface area contributed by atoms with Gasteiger partial charge in [-0.2, -0.15) is 24.1 Å². The Morgan fingerprint density at radius 2 is 1.88 bits per heavy atom. The normalized spacial score (nSPS) is 12.0. The van der Waals surface area contributed by atoms with E-state index in [0.29, 0.717) is 11.4 Å². The molecule has 0 saturated carbocycles. The number of nitriles is 1. The third kappa shape index (κ3) is 2.64. The lowest BCUT2D eigenvalue weighted by atomic mass is 10.0. The second-order valence-electron chi connectivity index (χ2n) is 5.12. The fraction of sp³-hybridized carbons (Fsp3) is 0.118. The first-order valence-corrected chi connectivity index (χ1v) is 7.08. The second-order valence-corrected chi connectivity index (χ2v) is 5.12. The number of aryl methyl sites for hydroxylation is 1. The summed E-state index contributed by atoms with van der Waals surface area (Å²) in [4.78, 5) is 3.08. The largest absolute Gasteiger partial charge is 0.382 e. The predicted octanol–water partition coefficient (Wildman–Crippen LogP) is 2.81. The molecule has 0 bridgehead atoms. The summed E-state index contributed by atoms with van der Waals surface area (Å²) in [5.41, 5.74) is 1.01. The van der Waals surface area contributed by atoms with Gasteiger partial charge in [0.25, 0.3) is 0 Å². The molecule has 3 aromatic rings. The fourth-order valence-electron chi connectivity index (χ4n) is 2.48. The predicted molar refractivity (Wildman–Crippen MR) is 81.2 cm³/mol. The Hall–Kier alpha value is -3.11. The molecule has 1 N–H and O–H groups in total. The van der Waals surface area contributed by atoms with Gasteiger partial charge in [-0.25, -0.2) is 4.68 Å². The van der Waals surface area contributed by atoms with Crippen molar-refractivity contribution >= 4 is 0 Å².